The summed E-state index contributed by atoms with van der Waals surface area (Å²) in [7, 11) is 1.54. The number of nitrogens with one attached hydrogen (secondary N) is 2. The number of nitrogens with zero attached hydrogens (tertiary/aromatic N) is 1. The van der Waals surface area contributed by atoms with Crippen molar-refractivity contribution in [1.82, 2.24) is 15.8 Å². The Hall–Kier alpha value is -1.83. The van der Waals surface area contributed by atoms with Gasteiger partial charge in [-0.2, -0.15) is 0 Å². The van der Waals surface area contributed by atoms with Gasteiger partial charge in [0.2, 0.25) is 5.91 Å². The Labute approximate surface area is 137 Å². The average Bonchev–Trinajstić information content (AvgIpc) is 2.32. The van der Waals surface area contributed by atoms with Gasteiger partial charge in [0.05, 0.1) is 0 Å². The molecule has 134 valence electrons. The Morgan fingerprint density at radius 2 is 1.70 bits per heavy atom. The minimum absolute atomic E-state index is 0.175. The van der Waals surface area contributed by atoms with Crippen LogP contribution in [-0.4, -0.2) is 52.8 Å². The van der Waals surface area contributed by atoms with Crippen molar-refractivity contribution in [3.05, 3.63) is 0 Å². The third kappa shape index (κ3) is 9.02. The zero-order chi connectivity index (χ0) is 18.4. The fourth-order valence-electron chi connectivity index (χ4n) is 1.78. The maximum atomic E-state index is 12.3. The molecule has 0 spiro atoms. The molecule has 0 saturated carbocycles. The lowest BCUT2D eigenvalue weighted by atomic mass is 10.0. The van der Waals surface area contributed by atoms with E-state index in [0.29, 0.717) is 6.42 Å². The van der Waals surface area contributed by atoms with E-state index in [2.05, 4.69) is 10.7 Å². The second-order valence-electron chi connectivity index (χ2n) is 6.94. The summed E-state index contributed by atoms with van der Waals surface area (Å²) >= 11 is 0. The van der Waals surface area contributed by atoms with Crippen LogP contribution in [0.4, 0.5) is 4.79 Å². The number of carbonyl (C=O) groups is 3. The summed E-state index contributed by atoms with van der Waals surface area (Å²) in [6, 6.07) is -1.71. The van der Waals surface area contributed by atoms with Crippen molar-refractivity contribution < 1.29 is 24.2 Å². The monoisotopic (exact) mass is 331 g/mol. The number of aliphatic carboxylic acids is 1. The lowest BCUT2D eigenvalue weighted by Crippen LogP contribution is -2.55. The molecule has 0 aliphatic heterocycles. The molecular formula is C15H29N3O5. The van der Waals surface area contributed by atoms with Gasteiger partial charge in [-0.1, -0.05) is 13.8 Å². The Kier molecular flexibility index (Phi) is 8.02. The molecule has 23 heavy (non-hydrogen) atoms. The smallest absolute Gasteiger partial charge is 0.422 e. The van der Waals surface area contributed by atoms with Crippen LogP contribution in [0.15, 0.2) is 0 Å². The second-order valence-corrected chi connectivity index (χ2v) is 6.94. The molecule has 8 heteroatoms. The topological polar surface area (TPSA) is 108 Å². The molecule has 0 aromatic carbocycles. The molecule has 0 radical (unpaired) electrons. The summed E-state index contributed by atoms with van der Waals surface area (Å²) in [5.41, 5.74) is 1.83. The molecule has 0 aliphatic rings. The SMILES string of the molecule is CC(C)C[C@H](C(=O)N[C@@H](C)C(=O)O)N(C)NC(=O)OC(C)(C)C. The van der Waals surface area contributed by atoms with Crippen LogP contribution in [0.25, 0.3) is 0 Å². The van der Waals surface area contributed by atoms with Gasteiger partial charge in [0, 0.05) is 7.05 Å². The number of rotatable bonds is 7. The number of likely N-dealkylation sites (N-methyl/N-ethyl adjacent to an activating group) is 1. The van der Waals surface area contributed by atoms with E-state index in [0.717, 1.165) is 0 Å². The zero-order valence-corrected chi connectivity index (χ0v) is 15.0. The standard InChI is InChI=1S/C15H29N3O5/c1-9(2)8-11(12(19)16-10(3)13(20)21)18(7)17-14(22)23-15(4,5)6/h9-11H,8H2,1-7H3,(H,16,19)(H,17,22)(H,20,21)/t10-,11+/m0/s1. The molecule has 0 bridgehead atoms. The van der Waals surface area contributed by atoms with E-state index >= 15 is 0 Å². The third-order valence-corrected chi connectivity index (χ3v) is 2.86. The Bertz CT molecular complexity index is 431. The van der Waals surface area contributed by atoms with Gasteiger partial charge in [0.1, 0.15) is 17.7 Å². The molecule has 3 N–H and O–H groups in total. The van der Waals surface area contributed by atoms with Gasteiger partial charge in [0.15, 0.2) is 0 Å². The van der Waals surface area contributed by atoms with E-state index in [9.17, 15) is 14.4 Å². The van der Waals surface area contributed by atoms with Crippen LogP contribution in [0.3, 0.4) is 0 Å². The average molecular weight is 331 g/mol. The van der Waals surface area contributed by atoms with E-state index in [4.69, 9.17) is 9.84 Å². The van der Waals surface area contributed by atoms with Crippen LogP contribution in [0.1, 0.15) is 48.0 Å². The van der Waals surface area contributed by atoms with Gasteiger partial charge in [-0.05, 0) is 40.0 Å². The molecule has 2 atom stereocenters. The first-order chi connectivity index (χ1) is 10.3. The molecule has 0 heterocycles. The molecule has 2 amide bonds. The van der Waals surface area contributed by atoms with Crippen LogP contribution in [0, 0.1) is 5.92 Å². The van der Waals surface area contributed by atoms with Crippen LogP contribution in [0.2, 0.25) is 0 Å². The van der Waals surface area contributed by atoms with Gasteiger partial charge < -0.3 is 15.2 Å². The van der Waals surface area contributed by atoms with Crippen molar-refractivity contribution in [2.45, 2.75) is 65.6 Å². The summed E-state index contributed by atoms with van der Waals surface area (Å²) in [4.78, 5) is 35.0. The van der Waals surface area contributed by atoms with E-state index < -0.39 is 35.7 Å². The van der Waals surface area contributed by atoms with E-state index in [1.165, 1.54) is 11.9 Å². The summed E-state index contributed by atoms with van der Waals surface area (Å²) in [6.07, 6.45) is -0.224. The minimum atomic E-state index is -1.12. The lowest BCUT2D eigenvalue weighted by Gasteiger charge is -2.30. The Balaban J connectivity index is 4.91. The molecule has 0 aromatic rings. The van der Waals surface area contributed by atoms with E-state index in [1.807, 2.05) is 13.8 Å². The molecule has 0 aromatic heterocycles. The Morgan fingerprint density at radius 1 is 1.17 bits per heavy atom. The van der Waals surface area contributed by atoms with E-state index in [-0.39, 0.29) is 5.92 Å². The molecule has 0 fully saturated rings. The number of carboxylic acid groups (broad SMARTS) is 1. The first kappa shape index (κ1) is 21.2. The highest BCUT2D eigenvalue weighted by molar-refractivity contribution is 5.86. The third-order valence-electron chi connectivity index (χ3n) is 2.86. The summed E-state index contributed by atoms with van der Waals surface area (Å²) < 4.78 is 5.15. The first-order valence-corrected chi connectivity index (χ1v) is 7.59. The summed E-state index contributed by atoms with van der Waals surface area (Å²) in [5, 5.41) is 12.6. The fraction of sp³-hybridized carbons (Fsp3) is 0.800. The van der Waals surface area contributed by atoms with Gasteiger partial charge >= 0.3 is 12.1 Å². The van der Waals surface area contributed by atoms with Gasteiger partial charge in [0.25, 0.3) is 0 Å². The van der Waals surface area contributed by atoms with Crippen molar-refractivity contribution in [3.63, 3.8) is 0 Å². The predicted molar refractivity (Wildman–Crippen MR) is 85.6 cm³/mol. The van der Waals surface area contributed by atoms with Gasteiger partial charge in [-0.25, -0.2) is 9.80 Å². The molecule has 0 aliphatic carbocycles. The van der Waals surface area contributed by atoms with Gasteiger partial charge in [-0.15, -0.1) is 0 Å². The van der Waals surface area contributed by atoms with E-state index in [1.54, 1.807) is 27.8 Å². The number of ether oxygens (including phenoxy) is 1. The van der Waals surface area contributed by atoms with Crippen molar-refractivity contribution in [3.8, 4) is 0 Å². The van der Waals surface area contributed by atoms with Crippen molar-refractivity contribution >= 4 is 18.0 Å². The quantitative estimate of drug-likeness (QED) is 0.608. The highest BCUT2D eigenvalue weighted by atomic mass is 16.6. The van der Waals surface area contributed by atoms with Gasteiger partial charge in [-0.3, -0.25) is 15.0 Å². The number of carboxylic acids is 1. The zero-order valence-electron chi connectivity index (χ0n) is 15.0. The second kappa shape index (κ2) is 8.71. The maximum Gasteiger partial charge on any atom is 0.422 e. The summed E-state index contributed by atoms with van der Waals surface area (Å²) in [5.74, 6) is -1.41. The van der Waals surface area contributed by atoms with Crippen molar-refractivity contribution in [2.75, 3.05) is 7.05 Å². The normalized spacial score (nSPS) is 14.3. The molecular weight excluding hydrogens is 302 g/mol. The molecule has 0 saturated heterocycles. The lowest BCUT2D eigenvalue weighted by molar-refractivity contribution is -0.142. The number of carbonyl (C=O) groups excluding carboxylic acids is 2. The van der Waals surface area contributed by atoms with Crippen molar-refractivity contribution in [1.29, 1.82) is 0 Å². The minimum Gasteiger partial charge on any atom is -0.480 e. The van der Waals surface area contributed by atoms with Crippen molar-refractivity contribution in [2.24, 2.45) is 5.92 Å². The fourth-order valence-corrected chi connectivity index (χ4v) is 1.78. The number of hydrogen-bond acceptors (Lipinski definition) is 5. The summed E-state index contributed by atoms with van der Waals surface area (Å²) in [6.45, 7) is 10.5. The number of hydrogen-bond donors (Lipinski definition) is 3. The molecule has 8 nitrogen and oxygen atoms in total. The highest BCUT2D eigenvalue weighted by Crippen LogP contribution is 2.11. The molecule has 0 rings (SSSR count). The molecule has 0 unspecified atom stereocenters. The largest absolute Gasteiger partial charge is 0.480 e. The number of hydrazine groups is 1. The number of amides is 2. The van der Waals surface area contributed by atoms with Crippen LogP contribution in [-0.2, 0) is 14.3 Å². The van der Waals surface area contributed by atoms with Crippen LogP contribution in [0.5, 0.6) is 0 Å². The first-order valence-electron chi connectivity index (χ1n) is 7.59. The Morgan fingerprint density at radius 3 is 2.09 bits per heavy atom. The van der Waals surface area contributed by atoms with Crippen LogP contribution >= 0.6 is 0 Å². The van der Waals surface area contributed by atoms with Crippen LogP contribution < -0.4 is 10.7 Å². The maximum absolute atomic E-state index is 12.3. The predicted octanol–water partition coefficient (Wildman–Crippen LogP) is 1.36. The highest BCUT2D eigenvalue weighted by Gasteiger charge is 2.29.